The van der Waals surface area contributed by atoms with Gasteiger partial charge in [-0.15, -0.1) is 0 Å². The maximum atomic E-state index is 12.2. The van der Waals surface area contributed by atoms with Crippen molar-refractivity contribution in [2.45, 2.75) is 18.4 Å². The predicted molar refractivity (Wildman–Crippen MR) is 98.3 cm³/mol. The number of nitrogens with one attached hydrogen (secondary N) is 2. The zero-order chi connectivity index (χ0) is 19.4. The first kappa shape index (κ1) is 18.5. The summed E-state index contributed by atoms with van der Waals surface area (Å²) in [5, 5.41) is 15.9. The molecular formula is C19H19N3O5. The minimum Gasteiger partial charge on any atom is -0.376 e. The first-order valence-electron chi connectivity index (χ1n) is 8.39. The third-order valence-electron chi connectivity index (χ3n) is 4.70. The molecule has 0 aromatic heterocycles. The summed E-state index contributed by atoms with van der Waals surface area (Å²) in [6.07, 6.45) is 1.26. The van der Waals surface area contributed by atoms with Crippen LogP contribution in [0.1, 0.15) is 11.1 Å². The normalized spacial score (nSPS) is 14.3. The van der Waals surface area contributed by atoms with Gasteiger partial charge in [0, 0.05) is 32.6 Å². The van der Waals surface area contributed by atoms with Gasteiger partial charge in [-0.1, -0.05) is 36.4 Å². The number of fused-ring (bicyclic) bond motifs is 1. The highest BCUT2D eigenvalue weighted by Crippen LogP contribution is 2.32. The number of para-hydroxylation sites is 2. The fraction of sp³-hybridized carbons (Fsp3) is 0.263. The lowest BCUT2D eigenvalue weighted by molar-refractivity contribution is -0.383. The van der Waals surface area contributed by atoms with Crippen molar-refractivity contribution in [3.05, 3.63) is 69.8 Å². The van der Waals surface area contributed by atoms with Gasteiger partial charge in [-0.3, -0.25) is 19.7 Å². The van der Waals surface area contributed by atoms with E-state index in [0.717, 1.165) is 11.1 Å². The van der Waals surface area contributed by atoms with E-state index < -0.39 is 22.3 Å². The Morgan fingerprint density at radius 3 is 2.26 bits per heavy atom. The molecule has 8 heteroatoms. The average Bonchev–Trinajstić information content (AvgIpc) is 3.05. The lowest BCUT2D eigenvalue weighted by atomic mass is 10.00. The number of ether oxygens (including phenoxy) is 1. The van der Waals surface area contributed by atoms with Crippen molar-refractivity contribution in [3.63, 3.8) is 0 Å². The molecule has 2 aromatic carbocycles. The van der Waals surface area contributed by atoms with Gasteiger partial charge in [0.15, 0.2) is 0 Å². The molecule has 0 spiro atoms. The minimum atomic E-state index is -0.967. The maximum absolute atomic E-state index is 12.2. The average molecular weight is 369 g/mol. The Balaban J connectivity index is 1.62. The first-order chi connectivity index (χ1) is 12.9. The number of carbonyl (C=O) groups is 2. The number of amides is 2. The van der Waals surface area contributed by atoms with E-state index >= 15 is 0 Å². The van der Waals surface area contributed by atoms with Gasteiger partial charge in [-0.05, 0) is 17.2 Å². The number of methoxy groups -OCH3 is 1. The van der Waals surface area contributed by atoms with Crippen molar-refractivity contribution < 1.29 is 19.2 Å². The fourth-order valence-electron chi connectivity index (χ4n) is 3.24. The second-order valence-corrected chi connectivity index (χ2v) is 6.42. The van der Waals surface area contributed by atoms with Crippen molar-refractivity contribution in [3.8, 4) is 0 Å². The Bertz CT molecular complexity index is 871. The van der Waals surface area contributed by atoms with E-state index in [1.165, 1.54) is 24.3 Å². The molecule has 0 aliphatic heterocycles. The van der Waals surface area contributed by atoms with Gasteiger partial charge < -0.3 is 15.4 Å². The topological polar surface area (TPSA) is 111 Å². The van der Waals surface area contributed by atoms with Crippen LogP contribution < -0.4 is 10.6 Å². The van der Waals surface area contributed by atoms with Gasteiger partial charge in [-0.25, -0.2) is 0 Å². The third kappa shape index (κ3) is 3.95. The highest BCUT2D eigenvalue weighted by atomic mass is 16.6. The summed E-state index contributed by atoms with van der Waals surface area (Å²) in [6, 6.07) is 13.6. The summed E-state index contributed by atoms with van der Waals surface area (Å²) in [5.41, 5.74) is 1.38. The molecule has 0 radical (unpaired) electrons. The Morgan fingerprint density at radius 2 is 1.67 bits per heavy atom. The van der Waals surface area contributed by atoms with Gasteiger partial charge in [0.25, 0.3) is 5.69 Å². The highest BCUT2D eigenvalue weighted by molar-refractivity contribution is 6.39. The number of carbonyl (C=O) groups excluding carboxylic acids is 2. The molecule has 0 saturated heterocycles. The van der Waals surface area contributed by atoms with Crippen LogP contribution in [0.2, 0.25) is 0 Å². The SMILES string of the molecule is COC1(CNC(=O)C(=O)Nc2ccccc2[N+](=O)[O-])Cc2ccccc2C1. The molecule has 140 valence electrons. The van der Waals surface area contributed by atoms with E-state index in [2.05, 4.69) is 10.6 Å². The lowest BCUT2D eigenvalue weighted by Gasteiger charge is -2.27. The van der Waals surface area contributed by atoms with E-state index in [1.54, 1.807) is 7.11 Å². The summed E-state index contributed by atoms with van der Waals surface area (Å²) < 4.78 is 5.64. The number of benzene rings is 2. The number of rotatable bonds is 5. The van der Waals surface area contributed by atoms with Crippen molar-refractivity contribution in [1.82, 2.24) is 5.32 Å². The second kappa shape index (κ2) is 7.55. The summed E-state index contributed by atoms with van der Waals surface area (Å²) in [4.78, 5) is 34.7. The van der Waals surface area contributed by atoms with Crippen LogP contribution in [0, 0.1) is 10.1 Å². The molecule has 0 heterocycles. The Hall–Kier alpha value is -3.26. The minimum absolute atomic E-state index is 0.0302. The van der Waals surface area contributed by atoms with Crippen LogP contribution in [-0.4, -0.2) is 36.0 Å². The van der Waals surface area contributed by atoms with E-state index in [1.807, 2.05) is 24.3 Å². The van der Waals surface area contributed by atoms with Crippen LogP contribution in [0.3, 0.4) is 0 Å². The molecule has 2 amide bonds. The lowest BCUT2D eigenvalue weighted by Crippen LogP contribution is -2.48. The molecule has 0 fully saturated rings. The Morgan fingerprint density at radius 1 is 1.07 bits per heavy atom. The number of anilines is 1. The highest BCUT2D eigenvalue weighted by Gasteiger charge is 2.38. The van der Waals surface area contributed by atoms with Gasteiger partial charge in [0.1, 0.15) is 5.69 Å². The molecular weight excluding hydrogens is 350 g/mol. The quantitative estimate of drug-likeness (QED) is 0.475. The van der Waals surface area contributed by atoms with Crippen LogP contribution in [0.25, 0.3) is 0 Å². The summed E-state index contributed by atoms with van der Waals surface area (Å²) in [5.74, 6) is -1.84. The van der Waals surface area contributed by atoms with Crippen LogP contribution in [0.15, 0.2) is 48.5 Å². The van der Waals surface area contributed by atoms with Crippen LogP contribution in [-0.2, 0) is 27.2 Å². The molecule has 0 atom stereocenters. The maximum Gasteiger partial charge on any atom is 0.313 e. The molecule has 1 aliphatic rings. The monoisotopic (exact) mass is 369 g/mol. The molecule has 0 bridgehead atoms. The van der Waals surface area contributed by atoms with Crippen molar-refractivity contribution >= 4 is 23.2 Å². The van der Waals surface area contributed by atoms with E-state index in [9.17, 15) is 19.7 Å². The van der Waals surface area contributed by atoms with Gasteiger partial charge in [0.2, 0.25) is 0 Å². The number of nitro benzene ring substituents is 1. The van der Waals surface area contributed by atoms with Crippen LogP contribution in [0.5, 0.6) is 0 Å². The molecule has 0 saturated carbocycles. The summed E-state index contributed by atoms with van der Waals surface area (Å²) in [6.45, 7) is 0.154. The van der Waals surface area contributed by atoms with Gasteiger partial charge >= 0.3 is 11.8 Å². The number of hydrogen-bond donors (Lipinski definition) is 2. The zero-order valence-corrected chi connectivity index (χ0v) is 14.7. The number of nitro groups is 1. The molecule has 8 nitrogen and oxygen atoms in total. The number of hydrogen-bond acceptors (Lipinski definition) is 5. The fourth-order valence-corrected chi connectivity index (χ4v) is 3.24. The Labute approximate surface area is 155 Å². The zero-order valence-electron chi connectivity index (χ0n) is 14.7. The molecule has 0 unspecified atom stereocenters. The van der Waals surface area contributed by atoms with E-state index in [0.29, 0.717) is 12.8 Å². The standard InChI is InChI=1S/C19H19N3O5/c1-27-19(10-13-6-2-3-7-14(13)11-19)12-20-17(23)18(24)21-15-8-4-5-9-16(15)22(25)26/h2-9H,10-12H2,1H3,(H,20,23)(H,21,24). The van der Waals surface area contributed by atoms with E-state index in [4.69, 9.17) is 4.74 Å². The molecule has 1 aliphatic carbocycles. The van der Waals surface area contributed by atoms with Gasteiger partial charge in [0.05, 0.1) is 10.5 Å². The third-order valence-corrected chi connectivity index (χ3v) is 4.70. The summed E-state index contributed by atoms with van der Waals surface area (Å²) >= 11 is 0. The number of nitrogens with zero attached hydrogens (tertiary/aromatic N) is 1. The predicted octanol–water partition coefficient (Wildman–Crippen LogP) is 1.83. The van der Waals surface area contributed by atoms with Crippen molar-refractivity contribution in [2.24, 2.45) is 0 Å². The smallest absolute Gasteiger partial charge is 0.313 e. The van der Waals surface area contributed by atoms with Crippen molar-refractivity contribution in [2.75, 3.05) is 19.0 Å². The van der Waals surface area contributed by atoms with Crippen LogP contribution in [0.4, 0.5) is 11.4 Å². The largest absolute Gasteiger partial charge is 0.376 e. The Kier molecular flexibility index (Phi) is 5.18. The van der Waals surface area contributed by atoms with Gasteiger partial charge in [-0.2, -0.15) is 0 Å². The van der Waals surface area contributed by atoms with Crippen LogP contribution >= 0.6 is 0 Å². The summed E-state index contributed by atoms with van der Waals surface area (Å²) in [7, 11) is 1.57. The molecule has 2 aromatic rings. The first-order valence-corrected chi connectivity index (χ1v) is 8.39. The second-order valence-electron chi connectivity index (χ2n) is 6.42. The molecule has 3 rings (SSSR count). The molecule has 2 N–H and O–H groups in total. The van der Waals surface area contributed by atoms with Crippen molar-refractivity contribution in [1.29, 1.82) is 0 Å². The van der Waals surface area contributed by atoms with E-state index in [-0.39, 0.29) is 17.9 Å². The molecule has 27 heavy (non-hydrogen) atoms.